The summed E-state index contributed by atoms with van der Waals surface area (Å²) in [5.74, 6) is 0. The Balaban J connectivity index is 1.89. The first-order valence-corrected chi connectivity index (χ1v) is 8.62. The number of rotatable bonds is 5. The monoisotopic (exact) mass is 351 g/mol. The van der Waals surface area contributed by atoms with Crippen LogP contribution in [0.4, 0.5) is 11.4 Å². The van der Waals surface area contributed by atoms with Crippen molar-refractivity contribution in [2.24, 2.45) is 0 Å². The molecule has 1 heterocycles. The van der Waals surface area contributed by atoms with Crippen LogP contribution in [0.1, 0.15) is 29.5 Å². The third-order valence-electron chi connectivity index (χ3n) is 5.12. The molecule has 0 spiro atoms. The lowest BCUT2D eigenvalue weighted by molar-refractivity contribution is -0.384. The van der Waals surface area contributed by atoms with Gasteiger partial charge in [0, 0.05) is 37.3 Å². The highest BCUT2D eigenvalue weighted by Gasteiger charge is 2.35. The number of ether oxygens (including phenoxy) is 1. The minimum atomic E-state index is -0.488. The normalized spacial score (nSPS) is 15.8. The Morgan fingerprint density at radius 1 is 1.27 bits per heavy atom. The zero-order valence-electron chi connectivity index (χ0n) is 14.7. The Kier molecular flexibility index (Phi) is 5.19. The molecule has 6 heteroatoms. The van der Waals surface area contributed by atoms with Crippen molar-refractivity contribution in [2.75, 3.05) is 25.1 Å². The zero-order valence-corrected chi connectivity index (χ0v) is 14.7. The SMILES string of the molecule is Cc1ccccc1C1(CNc2ccc([N+](=O)[O-])cc2C#N)CCOCC1. The van der Waals surface area contributed by atoms with Crippen molar-refractivity contribution >= 4 is 11.4 Å². The lowest BCUT2D eigenvalue weighted by Gasteiger charge is -2.39. The van der Waals surface area contributed by atoms with Crippen LogP contribution in [0.15, 0.2) is 42.5 Å². The van der Waals surface area contributed by atoms with Crippen LogP contribution in [-0.4, -0.2) is 24.7 Å². The van der Waals surface area contributed by atoms with E-state index >= 15 is 0 Å². The molecule has 1 N–H and O–H groups in total. The van der Waals surface area contributed by atoms with Gasteiger partial charge in [-0.05, 0) is 37.0 Å². The van der Waals surface area contributed by atoms with Gasteiger partial charge in [-0.3, -0.25) is 10.1 Å². The van der Waals surface area contributed by atoms with E-state index in [9.17, 15) is 15.4 Å². The van der Waals surface area contributed by atoms with Crippen molar-refractivity contribution in [2.45, 2.75) is 25.2 Å². The van der Waals surface area contributed by atoms with Crippen molar-refractivity contribution in [1.29, 1.82) is 5.26 Å². The lowest BCUT2D eigenvalue weighted by Crippen LogP contribution is -2.40. The van der Waals surface area contributed by atoms with Crippen LogP contribution in [0.3, 0.4) is 0 Å². The summed E-state index contributed by atoms with van der Waals surface area (Å²) in [5.41, 5.74) is 3.27. The highest BCUT2D eigenvalue weighted by atomic mass is 16.6. The largest absolute Gasteiger partial charge is 0.383 e. The van der Waals surface area contributed by atoms with Crippen molar-refractivity contribution in [1.82, 2.24) is 0 Å². The zero-order chi connectivity index (χ0) is 18.6. The van der Waals surface area contributed by atoms with E-state index in [2.05, 4.69) is 30.4 Å². The molecule has 0 unspecified atom stereocenters. The van der Waals surface area contributed by atoms with Gasteiger partial charge in [0.25, 0.3) is 5.69 Å². The molecule has 1 aliphatic heterocycles. The first-order chi connectivity index (χ1) is 12.6. The topological polar surface area (TPSA) is 88.2 Å². The molecule has 6 nitrogen and oxygen atoms in total. The predicted molar refractivity (Wildman–Crippen MR) is 99.2 cm³/mol. The summed E-state index contributed by atoms with van der Waals surface area (Å²) >= 11 is 0. The van der Waals surface area contributed by atoms with Gasteiger partial charge < -0.3 is 10.1 Å². The molecule has 0 aromatic heterocycles. The molecule has 3 rings (SSSR count). The van der Waals surface area contributed by atoms with Crippen LogP contribution in [-0.2, 0) is 10.2 Å². The van der Waals surface area contributed by atoms with Crippen molar-refractivity contribution < 1.29 is 9.66 Å². The van der Waals surface area contributed by atoms with Gasteiger partial charge >= 0.3 is 0 Å². The summed E-state index contributed by atoms with van der Waals surface area (Å²) in [6.07, 6.45) is 1.78. The first kappa shape index (κ1) is 17.9. The number of hydrogen-bond acceptors (Lipinski definition) is 5. The van der Waals surface area contributed by atoms with Crippen molar-refractivity contribution in [3.63, 3.8) is 0 Å². The number of hydrogen-bond donors (Lipinski definition) is 1. The van der Waals surface area contributed by atoms with Crippen LogP contribution in [0.2, 0.25) is 0 Å². The number of nitro benzene ring substituents is 1. The van der Waals surface area contributed by atoms with Crippen LogP contribution < -0.4 is 5.32 Å². The standard InChI is InChI=1S/C20H21N3O3/c1-15-4-2-3-5-18(15)20(8-10-26-11-9-20)14-22-19-7-6-17(23(24)25)12-16(19)13-21/h2-7,12,22H,8-11,14H2,1H3. The second kappa shape index (κ2) is 7.54. The Bertz CT molecular complexity index is 852. The van der Waals surface area contributed by atoms with E-state index in [1.807, 2.05) is 12.1 Å². The van der Waals surface area contributed by atoms with Gasteiger partial charge in [0.15, 0.2) is 0 Å². The number of non-ortho nitro benzene ring substituents is 1. The molecule has 0 atom stereocenters. The van der Waals surface area contributed by atoms with Gasteiger partial charge in [-0.1, -0.05) is 24.3 Å². The van der Waals surface area contributed by atoms with Gasteiger partial charge in [-0.2, -0.15) is 5.26 Å². The van der Waals surface area contributed by atoms with Crippen molar-refractivity contribution in [3.8, 4) is 6.07 Å². The fourth-order valence-electron chi connectivity index (χ4n) is 3.63. The molecule has 134 valence electrons. The third kappa shape index (κ3) is 3.53. The number of nitro groups is 1. The second-order valence-electron chi connectivity index (χ2n) is 6.66. The molecule has 1 saturated heterocycles. The number of nitrogens with zero attached hydrogens (tertiary/aromatic N) is 2. The maximum absolute atomic E-state index is 10.9. The van der Waals surface area contributed by atoms with E-state index < -0.39 is 4.92 Å². The lowest BCUT2D eigenvalue weighted by atomic mass is 9.72. The molecular weight excluding hydrogens is 330 g/mol. The maximum Gasteiger partial charge on any atom is 0.270 e. The van der Waals surface area contributed by atoms with Gasteiger partial charge in [-0.15, -0.1) is 0 Å². The van der Waals surface area contributed by atoms with Crippen LogP contribution in [0, 0.1) is 28.4 Å². The quantitative estimate of drug-likeness (QED) is 0.651. The number of aryl methyl sites for hydroxylation is 1. The summed E-state index contributed by atoms with van der Waals surface area (Å²) in [6, 6.07) is 14.7. The van der Waals surface area contributed by atoms with E-state index in [1.165, 1.54) is 23.3 Å². The molecule has 26 heavy (non-hydrogen) atoms. The Morgan fingerprint density at radius 3 is 2.65 bits per heavy atom. The van der Waals surface area contributed by atoms with E-state index in [4.69, 9.17) is 4.74 Å². The van der Waals surface area contributed by atoms with E-state index in [0.29, 0.717) is 25.4 Å². The fourth-order valence-corrected chi connectivity index (χ4v) is 3.63. The van der Waals surface area contributed by atoms with E-state index in [0.717, 1.165) is 12.8 Å². The highest BCUT2D eigenvalue weighted by molar-refractivity contribution is 5.61. The average molecular weight is 351 g/mol. The summed E-state index contributed by atoms with van der Waals surface area (Å²) in [6.45, 7) is 4.15. The van der Waals surface area contributed by atoms with Crippen LogP contribution in [0.5, 0.6) is 0 Å². The second-order valence-corrected chi connectivity index (χ2v) is 6.66. The van der Waals surface area contributed by atoms with E-state index in [1.54, 1.807) is 6.07 Å². The number of nitriles is 1. The molecule has 0 saturated carbocycles. The summed E-state index contributed by atoms with van der Waals surface area (Å²) < 4.78 is 5.57. The fraction of sp³-hybridized carbons (Fsp3) is 0.350. The minimum absolute atomic E-state index is 0.0771. The van der Waals surface area contributed by atoms with Crippen LogP contribution >= 0.6 is 0 Å². The summed E-state index contributed by atoms with van der Waals surface area (Å²) in [7, 11) is 0. The van der Waals surface area contributed by atoms with Gasteiger partial charge in [-0.25, -0.2) is 0 Å². The number of nitrogens with one attached hydrogen (secondary N) is 1. The molecule has 2 aromatic rings. The molecule has 0 radical (unpaired) electrons. The molecular formula is C20H21N3O3. The minimum Gasteiger partial charge on any atom is -0.383 e. The molecule has 0 amide bonds. The average Bonchev–Trinajstić information content (AvgIpc) is 2.67. The third-order valence-corrected chi connectivity index (χ3v) is 5.12. The Morgan fingerprint density at radius 2 is 2.00 bits per heavy atom. The smallest absolute Gasteiger partial charge is 0.270 e. The molecule has 0 bridgehead atoms. The van der Waals surface area contributed by atoms with Gasteiger partial charge in [0.05, 0.1) is 16.2 Å². The predicted octanol–water partition coefficient (Wildman–Crippen LogP) is 3.94. The maximum atomic E-state index is 10.9. The van der Waals surface area contributed by atoms with Crippen molar-refractivity contribution in [3.05, 3.63) is 69.3 Å². The van der Waals surface area contributed by atoms with Crippen LogP contribution in [0.25, 0.3) is 0 Å². The summed E-state index contributed by atoms with van der Waals surface area (Å²) in [5, 5.41) is 23.6. The molecule has 0 aliphatic carbocycles. The van der Waals surface area contributed by atoms with Gasteiger partial charge in [0.2, 0.25) is 0 Å². The first-order valence-electron chi connectivity index (χ1n) is 8.62. The molecule has 1 aliphatic rings. The molecule has 2 aromatic carbocycles. The highest BCUT2D eigenvalue weighted by Crippen LogP contribution is 2.37. The van der Waals surface area contributed by atoms with E-state index in [-0.39, 0.29) is 16.7 Å². The summed E-state index contributed by atoms with van der Waals surface area (Å²) in [4.78, 5) is 10.4. The number of anilines is 1. The Hall–Kier alpha value is -2.91. The number of benzene rings is 2. The molecule has 1 fully saturated rings. The van der Waals surface area contributed by atoms with Gasteiger partial charge in [0.1, 0.15) is 6.07 Å². The Labute approximate surface area is 152 Å².